The number of para-hydroxylation sites is 1. The van der Waals surface area contributed by atoms with E-state index >= 15 is 0 Å². The van der Waals surface area contributed by atoms with Gasteiger partial charge in [-0.2, -0.15) is 0 Å². The first-order valence-electron chi connectivity index (χ1n) is 5.52. The molecule has 0 bridgehead atoms. The molecule has 1 atom stereocenters. The van der Waals surface area contributed by atoms with E-state index in [0.29, 0.717) is 16.9 Å². The van der Waals surface area contributed by atoms with Crippen molar-refractivity contribution in [3.8, 4) is 5.75 Å². The van der Waals surface area contributed by atoms with Gasteiger partial charge in [-0.25, -0.2) is 0 Å². The molecule has 0 amide bonds. The normalized spacial score (nSPS) is 12.4. The minimum absolute atomic E-state index is 0.140. The van der Waals surface area contributed by atoms with Crippen molar-refractivity contribution in [1.29, 1.82) is 0 Å². The van der Waals surface area contributed by atoms with Crippen molar-refractivity contribution in [3.05, 3.63) is 35.7 Å². The van der Waals surface area contributed by atoms with Gasteiger partial charge < -0.3 is 14.9 Å². The van der Waals surface area contributed by atoms with Crippen LogP contribution in [0, 0.1) is 6.92 Å². The fourth-order valence-electron chi connectivity index (χ4n) is 1.56. The van der Waals surface area contributed by atoms with Gasteiger partial charge in [-0.1, -0.05) is 30.0 Å². The summed E-state index contributed by atoms with van der Waals surface area (Å²) in [5.41, 5.74) is 7.11. The van der Waals surface area contributed by atoms with Gasteiger partial charge in [-0.3, -0.25) is 0 Å². The SMILES string of the molecule is COc1ccccc1C(N)CSc1nnc(C)o1. The van der Waals surface area contributed by atoms with E-state index in [2.05, 4.69) is 10.2 Å². The minimum atomic E-state index is -0.140. The summed E-state index contributed by atoms with van der Waals surface area (Å²) in [6.45, 7) is 1.76. The molecular formula is C12H15N3O2S. The quantitative estimate of drug-likeness (QED) is 0.835. The van der Waals surface area contributed by atoms with Crippen LogP contribution in [0.5, 0.6) is 5.75 Å². The highest BCUT2D eigenvalue weighted by atomic mass is 32.2. The molecule has 0 spiro atoms. The van der Waals surface area contributed by atoms with Crippen molar-refractivity contribution in [1.82, 2.24) is 10.2 Å². The van der Waals surface area contributed by atoms with Crippen LogP contribution in [-0.2, 0) is 0 Å². The summed E-state index contributed by atoms with van der Waals surface area (Å²) in [5, 5.41) is 8.22. The number of aryl methyl sites for hydroxylation is 1. The zero-order valence-corrected chi connectivity index (χ0v) is 11.1. The predicted molar refractivity (Wildman–Crippen MR) is 69.7 cm³/mol. The Morgan fingerprint density at radius 1 is 1.39 bits per heavy atom. The van der Waals surface area contributed by atoms with Crippen LogP contribution in [0.3, 0.4) is 0 Å². The summed E-state index contributed by atoms with van der Waals surface area (Å²) in [7, 11) is 1.64. The van der Waals surface area contributed by atoms with Gasteiger partial charge in [0.2, 0.25) is 5.89 Å². The minimum Gasteiger partial charge on any atom is -0.496 e. The molecule has 0 aliphatic heterocycles. The standard InChI is InChI=1S/C12H15N3O2S/c1-8-14-15-12(17-8)18-7-10(13)9-5-3-4-6-11(9)16-2/h3-6,10H,7,13H2,1-2H3. The number of thioether (sulfide) groups is 1. The average Bonchev–Trinajstić information content (AvgIpc) is 2.81. The summed E-state index contributed by atoms with van der Waals surface area (Å²) in [6.07, 6.45) is 0. The average molecular weight is 265 g/mol. The maximum atomic E-state index is 6.14. The summed E-state index contributed by atoms with van der Waals surface area (Å²) in [4.78, 5) is 0. The van der Waals surface area contributed by atoms with Crippen LogP contribution in [0.1, 0.15) is 17.5 Å². The van der Waals surface area contributed by atoms with Gasteiger partial charge in [0.05, 0.1) is 7.11 Å². The van der Waals surface area contributed by atoms with Gasteiger partial charge in [0.15, 0.2) is 0 Å². The van der Waals surface area contributed by atoms with Crippen LogP contribution in [0.15, 0.2) is 33.9 Å². The number of methoxy groups -OCH3 is 1. The van der Waals surface area contributed by atoms with E-state index in [1.54, 1.807) is 14.0 Å². The number of nitrogens with zero attached hydrogens (tertiary/aromatic N) is 2. The van der Waals surface area contributed by atoms with E-state index < -0.39 is 0 Å². The van der Waals surface area contributed by atoms with Gasteiger partial charge >= 0.3 is 0 Å². The zero-order valence-electron chi connectivity index (χ0n) is 10.3. The Morgan fingerprint density at radius 2 is 2.17 bits per heavy atom. The van der Waals surface area contributed by atoms with Crippen LogP contribution in [-0.4, -0.2) is 23.1 Å². The number of benzene rings is 1. The lowest BCUT2D eigenvalue weighted by molar-refractivity contribution is 0.407. The van der Waals surface area contributed by atoms with Gasteiger partial charge in [0.25, 0.3) is 5.22 Å². The first kappa shape index (κ1) is 12.9. The van der Waals surface area contributed by atoms with Crippen molar-refractivity contribution < 1.29 is 9.15 Å². The van der Waals surface area contributed by atoms with E-state index in [1.165, 1.54) is 11.8 Å². The van der Waals surface area contributed by atoms with Crippen LogP contribution in [0.2, 0.25) is 0 Å². The molecule has 1 aromatic heterocycles. The van der Waals surface area contributed by atoms with E-state index in [0.717, 1.165) is 11.3 Å². The lowest BCUT2D eigenvalue weighted by atomic mass is 10.1. The van der Waals surface area contributed by atoms with Crippen molar-refractivity contribution in [2.45, 2.75) is 18.2 Å². The molecule has 2 aromatic rings. The van der Waals surface area contributed by atoms with Gasteiger partial charge in [-0.15, -0.1) is 10.2 Å². The molecule has 1 unspecified atom stereocenters. The molecule has 0 radical (unpaired) electrons. The predicted octanol–water partition coefficient (Wildman–Crippen LogP) is 2.18. The number of hydrogen-bond acceptors (Lipinski definition) is 6. The fraction of sp³-hybridized carbons (Fsp3) is 0.333. The van der Waals surface area contributed by atoms with Crippen molar-refractivity contribution in [2.75, 3.05) is 12.9 Å². The number of rotatable bonds is 5. The van der Waals surface area contributed by atoms with E-state index in [4.69, 9.17) is 14.9 Å². The molecule has 0 saturated carbocycles. The Morgan fingerprint density at radius 3 is 2.83 bits per heavy atom. The number of hydrogen-bond donors (Lipinski definition) is 1. The smallest absolute Gasteiger partial charge is 0.276 e. The maximum absolute atomic E-state index is 6.14. The second-order valence-corrected chi connectivity index (χ2v) is 4.72. The monoisotopic (exact) mass is 265 g/mol. The van der Waals surface area contributed by atoms with Crippen LogP contribution < -0.4 is 10.5 Å². The molecule has 2 N–H and O–H groups in total. The van der Waals surface area contributed by atoms with Gasteiger partial charge in [-0.05, 0) is 6.07 Å². The summed E-state index contributed by atoms with van der Waals surface area (Å²) < 4.78 is 10.6. The number of aromatic nitrogens is 2. The molecule has 1 heterocycles. The summed E-state index contributed by atoms with van der Waals surface area (Å²) >= 11 is 1.44. The highest BCUT2D eigenvalue weighted by molar-refractivity contribution is 7.99. The van der Waals surface area contributed by atoms with Gasteiger partial charge in [0.1, 0.15) is 5.75 Å². The third-order valence-electron chi connectivity index (χ3n) is 2.43. The second kappa shape index (κ2) is 5.88. The Kier molecular flexibility index (Phi) is 4.22. The van der Waals surface area contributed by atoms with Crippen LogP contribution >= 0.6 is 11.8 Å². The molecule has 6 heteroatoms. The second-order valence-electron chi connectivity index (χ2n) is 3.75. The molecule has 0 fully saturated rings. The molecule has 0 aliphatic carbocycles. The molecule has 18 heavy (non-hydrogen) atoms. The fourth-order valence-corrected chi connectivity index (χ4v) is 2.34. The van der Waals surface area contributed by atoms with Crippen molar-refractivity contribution in [3.63, 3.8) is 0 Å². The Hall–Kier alpha value is -1.53. The van der Waals surface area contributed by atoms with Crippen LogP contribution in [0.25, 0.3) is 0 Å². The third-order valence-corrected chi connectivity index (χ3v) is 3.37. The molecule has 1 aromatic carbocycles. The summed E-state index contributed by atoms with van der Waals surface area (Å²) in [6, 6.07) is 7.58. The van der Waals surface area contributed by atoms with E-state index in [-0.39, 0.29) is 6.04 Å². The van der Waals surface area contributed by atoms with Crippen molar-refractivity contribution >= 4 is 11.8 Å². The number of nitrogens with two attached hydrogens (primary N) is 1. The molecular weight excluding hydrogens is 250 g/mol. The van der Waals surface area contributed by atoms with Gasteiger partial charge in [0, 0.05) is 24.3 Å². The molecule has 0 aliphatic rings. The lowest BCUT2D eigenvalue weighted by Crippen LogP contribution is -2.14. The van der Waals surface area contributed by atoms with Crippen molar-refractivity contribution in [2.24, 2.45) is 5.73 Å². The van der Waals surface area contributed by atoms with Crippen LogP contribution in [0.4, 0.5) is 0 Å². The molecule has 0 saturated heterocycles. The highest BCUT2D eigenvalue weighted by Gasteiger charge is 2.13. The third kappa shape index (κ3) is 3.02. The molecule has 96 valence electrons. The summed E-state index contributed by atoms with van der Waals surface area (Å²) in [5.74, 6) is 2.01. The topological polar surface area (TPSA) is 74.2 Å². The first-order valence-corrected chi connectivity index (χ1v) is 6.50. The largest absolute Gasteiger partial charge is 0.496 e. The lowest BCUT2D eigenvalue weighted by Gasteiger charge is -2.14. The number of ether oxygens (including phenoxy) is 1. The molecule has 5 nitrogen and oxygen atoms in total. The zero-order chi connectivity index (χ0) is 13.0. The highest BCUT2D eigenvalue weighted by Crippen LogP contribution is 2.27. The molecule has 2 rings (SSSR count). The first-order chi connectivity index (χ1) is 8.70. The Labute approximate surface area is 110 Å². The maximum Gasteiger partial charge on any atom is 0.276 e. The van der Waals surface area contributed by atoms with E-state index in [9.17, 15) is 0 Å². The van der Waals surface area contributed by atoms with E-state index in [1.807, 2.05) is 24.3 Å². The Balaban J connectivity index is 2.01. The Bertz CT molecular complexity index is 516.